The van der Waals surface area contributed by atoms with Crippen LogP contribution >= 0.6 is 0 Å². The molecule has 1 atom stereocenters. The van der Waals surface area contributed by atoms with Crippen LogP contribution in [-0.2, 0) is 4.79 Å². The minimum Gasteiger partial charge on any atom is -0.465 e. The van der Waals surface area contributed by atoms with Crippen LogP contribution in [0.3, 0.4) is 0 Å². The zero-order valence-electron chi connectivity index (χ0n) is 18.9. The Bertz CT molecular complexity index is 1220. The highest BCUT2D eigenvalue weighted by Crippen LogP contribution is 2.28. The lowest BCUT2D eigenvalue weighted by atomic mass is 9.95. The molecule has 0 aliphatic heterocycles. The average Bonchev–Trinajstić information content (AvgIpc) is 3.06. The van der Waals surface area contributed by atoms with Crippen molar-refractivity contribution in [3.8, 4) is 23.6 Å². The van der Waals surface area contributed by atoms with Crippen molar-refractivity contribution in [3.05, 3.63) is 47.9 Å². The van der Waals surface area contributed by atoms with Crippen LogP contribution in [0, 0.1) is 24.7 Å². The minimum absolute atomic E-state index is 0.215. The molecule has 0 saturated heterocycles. The van der Waals surface area contributed by atoms with Crippen LogP contribution in [0.5, 0.6) is 0 Å². The molecule has 0 aromatic carbocycles. The number of pyridine rings is 2. The van der Waals surface area contributed by atoms with Crippen LogP contribution in [0.15, 0.2) is 36.5 Å². The maximum Gasteiger partial charge on any atom is 0.407 e. The van der Waals surface area contributed by atoms with Gasteiger partial charge in [0.1, 0.15) is 23.2 Å². The fraction of sp³-hybridized carbons (Fsp3) is 0.333. The summed E-state index contributed by atoms with van der Waals surface area (Å²) >= 11 is 0. The number of hydrogen-bond donors (Lipinski definition) is 2. The van der Waals surface area contributed by atoms with Crippen molar-refractivity contribution < 1.29 is 14.7 Å². The third kappa shape index (κ3) is 4.72. The topological polar surface area (TPSA) is 99.8 Å². The zero-order chi connectivity index (χ0) is 23.6. The summed E-state index contributed by atoms with van der Waals surface area (Å²) in [6.45, 7) is 9.40. The van der Waals surface area contributed by atoms with Crippen molar-refractivity contribution in [2.24, 2.45) is 5.41 Å². The molecule has 3 aromatic rings. The Balaban J connectivity index is 1.89. The highest BCUT2D eigenvalue weighted by Gasteiger charge is 2.29. The number of carboxylic acid groups (broad SMARTS) is 1. The number of carbonyl (C=O) groups is 2. The van der Waals surface area contributed by atoms with E-state index < -0.39 is 18.0 Å². The second-order valence-corrected chi connectivity index (χ2v) is 8.85. The van der Waals surface area contributed by atoms with Gasteiger partial charge in [0.25, 0.3) is 0 Å². The van der Waals surface area contributed by atoms with Gasteiger partial charge in [0.2, 0.25) is 5.91 Å². The Labute approximate surface area is 187 Å². The number of nitrogens with one attached hydrogen (secondary N) is 1. The van der Waals surface area contributed by atoms with Crippen molar-refractivity contribution in [3.63, 3.8) is 0 Å². The van der Waals surface area contributed by atoms with Gasteiger partial charge in [-0.25, -0.2) is 14.8 Å². The fourth-order valence-electron chi connectivity index (χ4n) is 3.52. The molecule has 8 heteroatoms. The number of fused-ring (bicyclic) bond motifs is 1. The molecule has 0 aliphatic rings. The third-order valence-electron chi connectivity index (χ3n) is 4.98. The first kappa shape index (κ1) is 22.8. The number of carbonyl (C=O) groups excluding carboxylic acids is 1. The minimum atomic E-state index is -1.15. The Kier molecular flexibility index (Phi) is 6.21. The smallest absolute Gasteiger partial charge is 0.407 e. The predicted molar refractivity (Wildman–Crippen MR) is 123 cm³/mol. The first-order valence-corrected chi connectivity index (χ1v) is 10.2. The molecule has 0 radical (unpaired) electrons. The number of imidazole rings is 1. The van der Waals surface area contributed by atoms with Crippen LogP contribution in [-0.4, -0.2) is 49.0 Å². The molecule has 3 aromatic heterocycles. The number of rotatable bonds is 5. The zero-order valence-corrected chi connectivity index (χ0v) is 18.9. The van der Waals surface area contributed by atoms with Crippen LogP contribution < -0.4 is 5.32 Å². The molecule has 3 rings (SSSR count). The predicted octanol–water partition coefficient (Wildman–Crippen LogP) is 4.04. The standard InChI is InChI=1S/C24H27N5O3/c1-7-18-17(21-15(2)25-20-10-8-9-13-28(20)21)11-12-19(26-18)27-22(30)16(3)29(23(31)32)14-24(4,5)6/h1,8-13,16H,14H2,2-6H3,(H,31,32)(H,26,27,30). The lowest BCUT2D eigenvalue weighted by Gasteiger charge is -2.31. The molecule has 0 fully saturated rings. The molecule has 1 unspecified atom stereocenters. The lowest BCUT2D eigenvalue weighted by molar-refractivity contribution is -0.120. The maximum atomic E-state index is 12.8. The largest absolute Gasteiger partial charge is 0.465 e. The van der Waals surface area contributed by atoms with E-state index in [9.17, 15) is 14.7 Å². The molecular formula is C24H27N5O3. The molecule has 0 saturated carbocycles. The van der Waals surface area contributed by atoms with E-state index in [0.29, 0.717) is 5.69 Å². The van der Waals surface area contributed by atoms with Crippen LogP contribution in [0.25, 0.3) is 16.9 Å². The SMILES string of the molecule is C#Cc1nc(NC(=O)C(C)N(CC(C)(C)C)C(=O)O)ccc1-c1c(C)nc2ccccn12. The molecule has 0 aliphatic carbocycles. The summed E-state index contributed by atoms with van der Waals surface area (Å²) in [7, 11) is 0. The number of anilines is 1. The van der Waals surface area contributed by atoms with Gasteiger partial charge < -0.3 is 10.4 Å². The van der Waals surface area contributed by atoms with Gasteiger partial charge in [-0.2, -0.15) is 0 Å². The van der Waals surface area contributed by atoms with Gasteiger partial charge in [0.05, 0.1) is 11.4 Å². The molecule has 0 spiro atoms. The number of hydrogen-bond acceptors (Lipinski definition) is 4. The number of aryl methyl sites for hydroxylation is 1. The Morgan fingerprint density at radius 2 is 1.97 bits per heavy atom. The van der Waals surface area contributed by atoms with E-state index in [1.807, 2.05) is 56.5 Å². The molecule has 166 valence electrons. The van der Waals surface area contributed by atoms with E-state index in [4.69, 9.17) is 6.42 Å². The van der Waals surface area contributed by atoms with E-state index in [1.165, 1.54) is 0 Å². The summed E-state index contributed by atoms with van der Waals surface area (Å²) in [5, 5.41) is 12.2. The molecule has 3 heterocycles. The lowest BCUT2D eigenvalue weighted by Crippen LogP contribution is -2.48. The van der Waals surface area contributed by atoms with Crippen LogP contribution in [0.4, 0.5) is 10.6 Å². The van der Waals surface area contributed by atoms with Crippen molar-refractivity contribution in [2.45, 2.75) is 40.7 Å². The molecule has 32 heavy (non-hydrogen) atoms. The number of terminal acetylenes is 1. The van der Waals surface area contributed by atoms with Gasteiger partial charge in [-0.1, -0.05) is 26.8 Å². The fourth-order valence-corrected chi connectivity index (χ4v) is 3.52. The maximum absolute atomic E-state index is 12.8. The third-order valence-corrected chi connectivity index (χ3v) is 4.98. The summed E-state index contributed by atoms with van der Waals surface area (Å²) in [4.78, 5) is 34.6. The average molecular weight is 434 g/mol. The van der Waals surface area contributed by atoms with E-state index in [1.54, 1.807) is 19.1 Å². The van der Waals surface area contributed by atoms with Gasteiger partial charge in [-0.15, -0.1) is 6.42 Å². The second kappa shape index (κ2) is 8.71. The van der Waals surface area contributed by atoms with Crippen LogP contribution in [0.1, 0.15) is 39.1 Å². The summed E-state index contributed by atoms with van der Waals surface area (Å²) in [6.07, 6.45) is 6.47. The van der Waals surface area contributed by atoms with Crippen molar-refractivity contribution in [2.75, 3.05) is 11.9 Å². The van der Waals surface area contributed by atoms with Gasteiger partial charge in [-0.3, -0.25) is 14.1 Å². The molecular weight excluding hydrogens is 406 g/mol. The Hall–Kier alpha value is -3.86. The van der Waals surface area contributed by atoms with Gasteiger partial charge in [0.15, 0.2) is 0 Å². The Morgan fingerprint density at radius 3 is 2.59 bits per heavy atom. The summed E-state index contributed by atoms with van der Waals surface area (Å²) in [5.41, 5.74) is 3.20. The van der Waals surface area contributed by atoms with E-state index in [-0.39, 0.29) is 17.8 Å². The summed E-state index contributed by atoms with van der Waals surface area (Å²) in [5.74, 6) is 2.36. The van der Waals surface area contributed by atoms with Crippen molar-refractivity contribution in [1.82, 2.24) is 19.3 Å². The van der Waals surface area contributed by atoms with E-state index >= 15 is 0 Å². The summed E-state index contributed by atoms with van der Waals surface area (Å²) in [6, 6.07) is 8.26. The number of nitrogens with zero attached hydrogens (tertiary/aromatic N) is 4. The number of aromatic nitrogens is 3. The van der Waals surface area contributed by atoms with Gasteiger partial charge >= 0.3 is 6.09 Å². The molecule has 8 nitrogen and oxygen atoms in total. The van der Waals surface area contributed by atoms with Crippen molar-refractivity contribution >= 4 is 23.5 Å². The second-order valence-electron chi connectivity index (χ2n) is 8.85. The molecule has 2 N–H and O–H groups in total. The van der Waals surface area contributed by atoms with Crippen molar-refractivity contribution in [1.29, 1.82) is 0 Å². The van der Waals surface area contributed by atoms with Gasteiger partial charge in [-0.05, 0) is 49.4 Å². The molecule has 2 amide bonds. The summed E-state index contributed by atoms with van der Waals surface area (Å²) < 4.78 is 1.94. The van der Waals surface area contributed by atoms with E-state index in [2.05, 4.69) is 21.2 Å². The normalized spacial score (nSPS) is 12.2. The first-order valence-electron chi connectivity index (χ1n) is 10.2. The first-order chi connectivity index (χ1) is 15.0. The Morgan fingerprint density at radius 1 is 1.25 bits per heavy atom. The van der Waals surface area contributed by atoms with Gasteiger partial charge in [0, 0.05) is 18.3 Å². The van der Waals surface area contributed by atoms with Crippen LogP contribution in [0.2, 0.25) is 0 Å². The number of amides is 2. The van der Waals surface area contributed by atoms with E-state index in [0.717, 1.165) is 27.5 Å². The highest BCUT2D eigenvalue weighted by molar-refractivity contribution is 5.95. The monoisotopic (exact) mass is 433 g/mol. The highest BCUT2D eigenvalue weighted by atomic mass is 16.4. The quantitative estimate of drug-likeness (QED) is 0.592. The molecule has 0 bridgehead atoms.